The van der Waals surface area contributed by atoms with E-state index in [9.17, 15) is 24.6 Å². The van der Waals surface area contributed by atoms with Crippen LogP contribution in [-0.4, -0.2) is 59.2 Å². The van der Waals surface area contributed by atoms with Gasteiger partial charge in [-0.25, -0.2) is 4.79 Å². The predicted octanol–water partition coefficient (Wildman–Crippen LogP) is 3.59. The first-order valence-corrected chi connectivity index (χ1v) is 14.3. The quantitative estimate of drug-likeness (QED) is 0.143. The third-order valence-electron chi connectivity index (χ3n) is 7.20. The summed E-state index contributed by atoms with van der Waals surface area (Å²) in [5.74, 6) is -1.51. The number of carbonyl (C=O) groups is 3. The lowest BCUT2D eigenvalue weighted by Gasteiger charge is -2.15. The van der Waals surface area contributed by atoms with Crippen LogP contribution in [0.3, 0.4) is 0 Å². The highest BCUT2D eigenvalue weighted by Gasteiger charge is 2.33. The maximum absolute atomic E-state index is 13.1. The molecule has 0 spiro atoms. The number of fused-ring (bicyclic) bond motifs is 3. The summed E-state index contributed by atoms with van der Waals surface area (Å²) in [6.07, 6.45) is 3.29. The number of hydrogen-bond acceptors (Lipinski definition) is 8. The molecule has 3 aromatic rings. The van der Waals surface area contributed by atoms with Gasteiger partial charge in [-0.05, 0) is 66.1 Å². The largest absolute Gasteiger partial charge is 0.534 e. The molecule has 0 aliphatic heterocycles. The van der Waals surface area contributed by atoms with Gasteiger partial charge in [0.05, 0.1) is 0 Å². The van der Waals surface area contributed by atoms with E-state index < -0.39 is 23.8 Å². The minimum absolute atomic E-state index is 0.0341. The Bertz CT molecular complexity index is 1400. The number of nitrogens with two attached hydrogens (primary N) is 1. The Hall–Kier alpha value is -4.51. The monoisotopic (exact) mass is 578 g/mol. The van der Waals surface area contributed by atoms with Gasteiger partial charge in [0.15, 0.2) is 0 Å². The van der Waals surface area contributed by atoms with Crippen LogP contribution in [0.5, 0.6) is 11.8 Å². The van der Waals surface area contributed by atoms with E-state index in [1.54, 1.807) is 12.1 Å². The summed E-state index contributed by atoms with van der Waals surface area (Å²) in [6.45, 7) is 3.57. The smallest absolute Gasteiger partial charge is 0.492 e. The van der Waals surface area contributed by atoms with Gasteiger partial charge in [-0.15, -0.1) is 4.73 Å². The molecule has 0 bridgehead atoms. The molecule has 1 aromatic heterocycles. The van der Waals surface area contributed by atoms with E-state index in [4.69, 9.17) is 15.3 Å². The number of aromatic nitrogens is 1. The molecule has 1 unspecified atom stereocenters. The average Bonchev–Trinajstić information content (AvgIpc) is 3.47. The molecule has 0 radical (unpaired) electrons. The number of aryl methyl sites for hydroxylation is 1. The summed E-state index contributed by atoms with van der Waals surface area (Å²) >= 11 is 0. The molecule has 1 aliphatic rings. The Morgan fingerprint density at radius 2 is 1.71 bits per heavy atom. The predicted molar refractivity (Wildman–Crippen MR) is 156 cm³/mol. The second-order valence-electron chi connectivity index (χ2n) is 10.2. The van der Waals surface area contributed by atoms with Gasteiger partial charge in [0.1, 0.15) is 6.61 Å². The Morgan fingerprint density at radius 3 is 2.45 bits per heavy atom. The van der Waals surface area contributed by atoms with Crippen molar-refractivity contribution in [3.8, 4) is 22.9 Å². The summed E-state index contributed by atoms with van der Waals surface area (Å²) in [5, 5.41) is 25.4. The highest BCUT2D eigenvalue weighted by Crippen LogP contribution is 2.47. The summed E-state index contributed by atoms with van der Waals surface area (Å²) in [6, 6.07) is 13.8. The van der Waals surface area contributed by atoms with Crippen LogP contribution in [0.4, 0.5) is 4.79 Å². The number of rotatable bonds is 14. The minimum atomic E-state index is -1.12. The maximum atomic E-state index is 13.1. The third kappa shape index (κ3) is 7.22. The van der Waals surface area contributed by atoms with E-state index in [-0.39, 0.29) is 18.4 Å². The summed E-state index contributed by atoms with van der Waals surface area (Å²) in [7, 11) is 0. The van der Waals surface area contributed by atoms with Gasteiger partial charge < -0.3 is 31.3 Å². The number of amides is 2. The van der Waals surface area contributed by atoms with E-state index >= 15 is 0 Å². The van der Waals surface area contributed by atoms with Crippen molar-refractivity contribution in [1.82, 2.24) is 15.4 Å². The van der Waals surface area contributed by atoms with Crippen molar-refractivity contribution in [2.45, 2.75) is 51.4 Å². The van der Waals surface area contributed by atoms with Crippen molar-refractivity contribution in [2.75, 3.05) is 26.2 Å². The number of aromatic hydroxyl groups is 2. The number of benzene rings is 2. The SMILES string of the molecule is CCCCNC(=O)CCCc1ccc2c(c1)C(COC(=O)On1c(O)ccc1O)c1cccc(C(=O)NCCCN)c1-2. The van der Waals surface area contributed by atoms with Crippen LogP contribution in [0.15, 0.2) is 48.5 Å². The fourth-order valence-corrected chi connectivity index (χ4v) is 5.07. The van der Waals surface area contributed by atoms with Crippen LogP contribution >= 0.6 is 0 Å². The van der Waals surface area contributed by atoms with Crippen LogP contribution in [0.1, 0.15) is 72.0 Å². The zero-order valence-corrected chi connectivity index (χ0v) is 23.7. The van der Waals surface area contributed by atoms with Crippen molar-refractivity contribution in [1.29, 1.82) is 0 Å². The van der Waals surface area contributed by atoms with Gasteiger partial charge in [-0.2, -0.15) is 0 Å². The highest BCUT2D eigenvalue weighted by atomic mass is 16.8. The van der Waals surface area contributed by atoms with E-state index in [1.807, 2.05) is 24.3 Å². The number of hydrogen-bond donors (Lipinski definition) is 5. The fraction of sp³-hybridized carbons (Fsp3) is 0.387. The number of nitrogens with zero attached hydrogens (tertiary/aromatic N) is 1. The first-order chi connectivity index (χ1) is 20.3. The van der Waals surface area contributed by atoms with Gasteiger partial charge in [0, 0.05) is 43.1 Å². The highest BCUT2D eigenvalue weighted by molar-refractivity contribution is 6.03. The summed E-state index contributed by atoms with van der Waals surface area (Å²) < 4.78 is 5.99. The summed E-state index contributed by atoms with van der Waals surface area (Å²) in [4.78, 5) is 42.7. The molecule has 11 nitrogen and oxygen atoms in total. The second-order valence-corrected chi connectivity index (χ2v) is 10.2. The number of unbranched alkanes of at least 4 members (excludes halogenated alkanes) is 1. The molecule has 42 heavy (non-hydrogen) atoms. The molecule has 2 aromatic carbocycles. The molecule has 4 rings (SSSR count). The van der Waals surface area contributed by atoms with Crippen molar-refractivity contribution >= 4 is 18.0 Å². The molecule has 1 atom stereocenters. The molecule has 224 valence electrons. The number of ether oxygens (including phenoxy) is 1. The van der Waals surface area contributed by atoms with Gasteiger partial charge in [-0.1, -0.05) is 43.7 Å². The maximum Gasteiger partial charge on any atom is 0.534 e. The topological polar surface area (TPSA) is 165 Å². The molecule has 0 saturated heterocycles. The molecule has 0 saturated carbocycles. The van der Waals surface area contributed by atoms with E-state index in [0.29, 0.717) is 55.6 Å². The van der Waals surface area contributed by atoms with E-state index in [2.05, 4.69) is 17.6 Å². The zero-order chi connectivity index (χ0) is 30.1. The standard InChI is InChI=1S/C31H38N4O7/c1-2-3-16-33-26(36)10-4-7-20-11-12-22-24(18-20)25(19-41-31(40)42-35-27(37)13-14-28(35)38)21-8-5-9-23(29(21)22)30(39)34-17-6-15-32/h5,8-9,11-14,18,25,37-38H,2-4,6-7,10,15-17,19,32H2,1H3,(H,33,36)(H,34,39). The van der Waals surface area contributed by atoms with Crippen molar-refractivity contribution in [3.05, 3.63) is 70.8 Å². The Morgan fingerprint density at radius 1 is 0.952 bits per heavy atom. The molecular weight excluding hydrogens is 540 g/mol. The zero-order valence-electron chi connectivity index (χ0n) is 23.7. The number of carbonyl (C=O) groups excluding carboxylic acids is 3. The van der Waals surface area contributed by atoms with Crippen molar-refractivity contribution in [3.63, 3.8) is 0 Å². The first-order valence-electron chi connectivity index (χ1n) is 14.3. The minimum Gasteiger partial charge on any atom is -0.492 e. The van der Waals surface area contributed by atoms with Crippen LogP contribution in [-0.2, 0) is 16.0 Å². The van der Waals surface area contributed by atoms with Crippen LogP contribution in [0, 0.1) is 0 Å². The van der Waals surface area contributed by atoms with Crippen LogP contribution in [0.25, 0.3) is 11.1 Å². The van der Waals surface area contributed by atoms with E-state index in [0.717, 1.165) is 40.7 Å². The van der Waals surface area contributed by atoms with Crippen molar-refractivity contribution in [2.24, 2.45) is 5.73 Å². The molecule has 2 amide bonds. The third-order valence-corrected chi connectivity index (χ3v) is 7.20. The lowest BCUT2D eigenvalue weighted by Crippen LogP contribution is -2.26. The average molecular weight is 579 g/mol. The Kier molecular flexibility index (Phi) is 10.4. The molecular formula is C31H38N4O7. The normalized spacial score (nSPS) is 13.2. The summed E-state index contributed by atoms with van der Waals surface area (Å²) in [5.41, 5.74) is 10.4. The molecule has 1 aliphatic carbocycles. The van der Waals surface area contributed by atoms with Crippen LogP contribution in [0.2, 0.25) is 0 Å². The van der Waals surface area contributed by atoms with Gasteiger partial charge in [-0.3, -0.25) is 14.4 Å². The Labute approximate surface area is 244 Å². The first kappa shape index (κ1) is 30.4. The van der Waals surface area contributed by atoms with Crippen molar-refractivity contribution < 1.29 is 34.2 Å². The lowest BCUT2D eigenvalue weighted by molar-refractivity contribution is -0.121. The number of nitrogens with one attached hydrogen (secondary N) is 2. The molecule has 1 heterocycles. The lowest BCUT2D eigenvalue weighted by atomic mass is 9.95. The molecule has 6 N–H and O–H groups in total. The fourth-order valence-electron chi connectivity index (χ4n) is 5.07. The van der Waals surface area contributed by atoms with Gasteiger partial charge >= 0.3 is 6.16 Å². The molecule has 0 fully saturated rings. The van der Waals surface area contributed by atoms with Gasteiger partial charge in [0.2, 0.25) is 17.7 Å². The second kappa shape index (κ2) is 14.4. The Balaban J connectivity index is 1.55. The molecule has 11 heteroatoms. The van der Waals surface area contributed by atoms with Gasteiger partial charge in [0.25, 0.3) is 5.91 Å². The van der Waals surface area contributed by atoms with E-state index in [1.165, 1.54) is 12.1 Å². The van der Waals surface area contributed by atoms with Crippen LogP contribution < -0.4 is 21.2 Å².